The Morgan fingerprint density at radius 1 is 1.19 bits per heavy atom. The van der Waals surface area contributed by atoms with Crippen LogP contribution in [0, 0.1) is 19.8 Å². The van der Waals surface area contributed by atoms with Gasteiger partial charge in [0.1, 0.15) is 0 Å². The molecule has 5 N–H and O–H groups in total. The number of hydrogen-bond acceptors (Lipinski definition) is 3. The first-order chi connectivity index (χ1) is 12.3. The molecule has 0 saturated carbocycles. The molecule has 26 heavy (non-hydrogen) atoms. The molecule has 2 rings (SSSR count). The molecular formula is C19H29N4O3+. The second-order valence-corrected chi connectivity index (χ2v) is 7.09. The Hall–Kier alpha value is -2.41. The number of carbonyl (C=O) groups excluding carboxylic acids is 3. The summed E-state index contributed by atoms with van der Waals surface area (Å²) in [5, 5.41) is 5.57. The second-order valence-electron chi connectivity index (χ2n) is 7.09. The Bertz CT molecular complexity index is 661. The van der Waals surface area contributed by atoms with Gasteiger partial charge in [-0.3, -0.25) is 14.4 Å². The molecule has 0 aromatic heterocycles. The average molecular weight is 361 g/mol. The minimum Gasteiger partial charge on any atom is -0.369 e. The number of anilines is 1. The van der Waals surface area contributed by atoms with E-state index in [0.717, 1.165) is 34.8 Å². The van der Waals surface area contributed by atoms with Gasteiger partial charge in [0.2, 0.25) is 11.8 Å². The van der Waals surface area contributed by atoms with E-state index in [1.807, 2.05) is 39.0 Å². The summed E-state index contributed by atoms with van der Waals surface area (Å²) in [5.41, 5.74) is 8.10. The van der Waals surface area contributed by atoms with Crippen LogP contribution >= 0.6 is 0 Å². The summed E-state index contributed by atoms with van der Waals surface area (Å²) in [5.74, 6) is -0.749. The first kappa shape index (κ1) is 19.9. The molecule has 0 aliphatic carbocycles. The number of amides is 3. The molecule has 0 bridgehead atoms. The number of nitrogens with one attached hydrogen (secondary N) is 3. The van der Waals surface area contributed by atoms with Gasteiger partial charge in [0.25, 0.3) is 5.91 Å². The van der Waals surface area contributed by atoms with Gasteiger partial charge in [-0.15, -0.1) is 0 Å². The molecule has 1 aromatic rings. The average Bonchev–Trinajstić information content (AvgIpc) is 2.62. The number of primary amides is 1. The summed E-state index contributed by atoms with van der Waals surface area (Å²) in [4.78, 5) is 36.8. The highest BCUT2D eigenvalue weighted by Gasteiger charge is 2.32. The lowest BCUT2D eigenvalue weighted by molar-refractivity contribution is -0.919. The zero-order valence-corrected chi connectivity index (χ0v) is 15.7. The van der Waals surface area contributed by atoms with E-state index in [2.05, 4.69) is 10.6 Å². The van der Waals surface area contributed by atoms with Crippen molar-refractivity contribution >= 4 is 23.4 Å². The van der Waals surface area contributed by atoms with Crippen molar-refractivity contribution in [1.29, 1.82) is 0 Å². The molecular weight excluding hydrogens is 332 g/mol. The Morgan fingerprint density at radius 2 is 1.77 bits per heavy atom. The van der Waals surface area contributed by atoms with Crippen LogP contribution in [0.25, 0.3) is 0 Å². The van der Waals surface area contributed by atoms with Crippen LogP contribution in [-0.4, -0.2) is 43.4 Å². The largest absolute Gasteiger partial charge is 0.369 e. The Labute approximate surface area is 154 Å². The maximum Gasteiger partial charge on any atom is 0.278 e. The van der Waals surface area contributed by atoms with Crippen LogP contribution in [-0.2, 0) is 14.4 Å². The van der Waals surface area contributed by atoms with Crippen molar-refractivity contribution < 1.29 is 19.3 Å². The summed E-state index contributed by atoms with van der Waals surface area (Å²) in [6, 6.07) is 5.54. The first-order valence-electron chi connectivity index (χ1n) is 9.07. The number of nitrogens with two attached hydrogens (primary N) is 1. The van der Waals surface area contributed by atoms with Crippen molar-refractivity contribution in [3.05, 3.63) is 29.3 Å². The quantitative estimate of drug-likeness (QED) is 0.550. The third-order valence-corrected chi connectivity index (χ3v) is 5.20. The number of carbonyl (C=O) groups is 3. The summed E-state index contributed by atoms with van der Waals surface area (Å²) in [7, 11) is 0. The maximum absolute atomic E-state index is 12.3. The molecule has 3 amide bonds. The van der Waals surface area contributed by atoms with Crippen molar-refractivity contribution in [2.24, 2.45) is 11.7 Å². The summed E-state index contributed by atoms with van der Waals surface area (Å²) in [6.45, 7) is 7.12. The smallest absolute Gasteiger partial charge is 0.278 e. The molecule has 1 aliphatic rings. The minimum atomic E-state index is -0.267. The molecule has 1 aliphatic heterocycles. The Kier molecular flexibility index (Phi) is 6.74. The fraction of sp³-hybridized carbons (Fsp3) is 0.526. The SMILES string of the molecule is Cc1cccc(C)c1NC(=O)CNC(=O)[C@H](C)[NH+]1CCC(C(N)=O)CC1. The third kappa shape index (κ3) is 5.05. The van der Waals surface area contributed by atoms with Gasteiger partial charge in [-0.2, -0.15) is 0 Å². The molecule has 0 spiro atoms. The molecule has 1 fully saturated rings. The lowest BCUT2D eigenvalue weighted by atomic mass is 9.95. The van der Waals surface area contributed by atoms with Crippen molar-refractivity contribution in [2.75, 3.05) is 25.0 Å². The highest BCUT2D eigenvalue weighted by atomic mass is 16.2. The molecule has 0 radical (unpaired) electrons. The fourth-order valence-corrected chi connectivity index (χ4v) is 3.41. The highest BCUT2D eigenvalue weighted by molar-refractivity contribution is 5.96. The van der Waals surface area contributed by atoms with Crippen molar-refractivity contribution in [1.82, 2.24) is 5.32 Å². The Morgan fingerprint density at radius 3 is 2.31 bits per heavy atom. The predicted octanol–water partition coefficient (Wildman–Crippen LogP) is -0.473. The normalized spacial score (nSPS) is 20.9. The maximum atomic E-state index is 12.3. The van der Waals surface area contributed by atoms with Gasteiger partial charge in [-0.05, 0) is 31.9 Å². The summed E-state index contributed by atoms with van der Waals surface area (Å²) >= 11 is 0. The van der Waals surface area contributed by atoms with Crippen molar-refractivity contribution in [3.8, 4) is 0 Å². The second kappa shape index (κ2) is 8.80. The van der Waals surface area contributed by atoms with Gasteiger partial charge in [0.05, 0.1) is 19.6 Å². The monoisotopic (exact) mass is 361 g/mol. The predicted molar refractivity (Wildman–Crippen MR) is 99.6 cm³/mol. The number of hydrogen-bond donors (Lipinski definition) is 4. The number of rotatable bonds is 6. The van der Waals surface area contributed by atoms with Crippen LogP contribution in [0.15, 0.2) is 18.2 Å². The number of benzene rings is 1. The van der Waals surface area contributed by atoms with Crippen molar-refractivity contribution in [2.45, 2.75) is 39.7 Å². The van der Waals surface area contributed by atoms with E-state index in [0.29, 0.717) is 12.8 Å². The first-order valence-corrected chi connectivity index (χ1v) is 9.07. The van der Waals surface area contributed by atoms with Crippen LogP contribution in [0.2, 0.25) is 0 Å². The highest BCUT2D eigenvalue weighted by Crippen LogP contribution is 2.18. The molecule has 1 atom stereocenters. The molecule has 7 nitrogen and oxygen atoms in total. The fourth-order valence-electron chi connectivity index (χ4n) is 3.41. The molecule has 0 unspecified atom stereocenters. The van der Waals surface area contributed by atoms with Gasteiger partial charge >= 0.3 is 0 Å². The van der Waals surface area contributed by atoms with E-state index < -0.39 is 0 Å². The van der Waals surface area contributed by atoms with E-state index in [9.17, 15) is 14.4 Å². The van der Waals surface area contributed by atoms with Gasteiger partial charge in [-0.25, -0.2) is 0 Å². The van der Waals surface area contributed by atoms with E-state index in [4.69, 9.17) is 5.73 Å². The number of para-hydroxylation sites is 1. The van der Waals surface area contributed by atoms with E-state index in [-0.39, 0.29) is 36.2 Å². The van der Waals surface area contributed by atoms with Gasteiger partial charge in [0, 0.05) is 24.4 Å². The molecule has 1 heterocycles. The number of quaternary nitrogens is 1. The zero-order valence-electron chi connectivity index (χ0n) is 15.7. The molecule has 1 aromatic carbocycles. The van der Waals surface area contributed by atoms with Crippen LogP contribution < -0.4 is 21.3 Å². The number of aryl methyl sites for hydroxylation is 2. The lowest BCUT2D eigenvalue weighted by Gasteiger charge is -2.31. The topological polar surface area (TPSA) is 106 Å². The summed E-state index contributed by atoms with van der Waals surface area (Å²) < 4.78 is 0. The summed E-state index contributed by atoms with van der Waals surface area (Å²) in [6.07, 6.45) is 1.41. The standard InChI is InChI=1S/C19H28N4O3/c1-12-5-4-6-13(2)17(12)22-16(24)11-21-19(26)14(3)23-9-7-15(8-10-23)18(20)25/h4-6,14-15H,7-11H2,1-3H3,(H2,20,25)(H,21,26)(H,22,24)/p+1/t14-/m0/s1. The van der Waals surface area contributed by atoms with Gasteiger partial charge < -0.3 is 21.3 Å². The molecule has 7 heteroatoms. The van der Waals surface area contributed by atoms with E-state index >= 15 is 0 Å². The number of piperidine rings is 1. The molecule has 142 valence electrons. The third-order valence-electron chi connectivity index (χ3n) is 5.20. The number of likely N-dealkylation sites (tertiary alicyclic amines) is 1. The van der Waals surface area contributed by atoms with E-state index in [1.54, 1.807) is 0 Å². The van der Waals surface area contributed by atoms with Crippen LogP contribution in [0.5, 0.6) is 0 Å². The zero-order chi connectivity index (χ0) is 19.3. The minimum absolute atomic E-state index is 0.0614. The van der Waals surface area contributed by atoms with Crippen LogP contribution in [0.4, 0.5) is 5.69 Å². The molecule has 1 saturated heterocycles. The van der Waals surface area contributed by atoms with Gasteiger partial charge in [0.15, 0.2) is 6.04 Å². The van der Waals surface area contributed by atoms with Crippen LogP contribution in [0.3, 0.4) is 0 Å². The lowest BCUT2D eigenvalue weighted by Crippen LogP contribution is -3.17. The van der Waals surface area contributed by atoms with Crippen LogP contribution in [0.1, 0.15) is 30.9 Å². The van der Waals surface area contributed by atoms with E-state index in [1.165, 1.54) is 0 Å². The Balaban J connectivity index is 1.80. The van der Waals surface area contributed by atoms with Gasteiger partial charge in [-0.1, -0.05) is 18.2 Å². The van der Waals surface area contributed by atoms with Crippen molar-refractivity contribution in [3.63, 3.8) is 0 Å².